The summed E-state index contributed by atoms with van der Waals surface area (Å²) in [7, 11) is 0. The highest BCUT2D eigenvalue weighted by Crippen LogP contribution is 2.15. The molecule has 96 valence electrons. The topological polar surface area (TPSA) is 54.2 Å². The number of nitrogens with one attached hydrogen (secondary N) is 1. The minimum absolute atomic E-state index is 0.585. The molecule has 0 radical (unpaired) electrons. The second-order valence-electron chi connectivity index (χ2n) is 4.73. The van der Waals surface area contributed by atoms with E-state index in [4.69, 9.17) is 4.52 Å². The summed E-state index contributed by atoms with van der Waals surface area (Å²) in [5.41, 5.74) is 0. The molecule has 1 aromatic heterocycles. The van der Waals surface area contributed by atoms with Crippen LogP contribution in [0.3, 0.4) is 0 Å². The molecule has 0 aromatic carbocycles. The number of aromatic nitrogens is 2. The number of nitrogens with zero attached hydrogens (tertiary/aromatic N) is 3. The molecule has 1 aromatic rings. The Morgan fingerprint density at radius 1 is 1.53 bits per heavy atom. The predicted molar refractivity (Wildman–Crippen MR) is 65.5 cm³/mol. The van der Waals surface area contributed by atoms with Gasteiger partial charge in [0.15, 0.2) is 5.82 Å². The maximum absolute atomic E-state index is 4.80. The molecule has 0 bridgehead atoms. The van der Waals surface area contributed by atoms with Gasteiger partial charge in [-0.05, 0) is 12.8 Å². The van der Waals surface area contributed by atoms with E-state index in [-0.39, 0.29) is 0 Å². The molecule has 0 spiro atoms. The van der Waals surface area contributed by atoms with E-state index in [0.717, 1.165) is 31.9 Å². The molecule has 1 fully saturated rings. The zero-order valence-corrected chi connectivity index (χ0v) is 10.7. The Morgan fingerprint density at radius 3 is 3.06 bits per heavy atom. The lowest BCUT2D eigenvalue weighted by Gasteiger charge is -2.39. The average Bonchev–Trinajstić information content (AvgIpc) is 2.83. The number of hydrogen-bond donors (Lipinski definition) is 1. The van der Waals surface area contributed by atoms with Crippen LogP contribution in [0.25, 0.3) is 0 Å². The Labute approximate surface area is 103 Å². The van der Waals surface area contributed by atoms with Gasteiger partial charge in [0.05, 0.1) is 6.54 Å². The first kappa shape index (κ1) is 12.5. The zero-order chi connectivity index (χ0) is 12.1. The van der Waals surface area contributed by atoms with Crippen molar-refractivity contribution in [1.82, 2.24) is 20.4 Å². The summed E-state index contributed by atoms with van der Waals surface area (Å²) in [4.78, 5) is 6.58. The second-order valence-corrected chi connectivity index (χ2v) is 4.73. The highest BCUT2D eigenvalue weighted by atomic mass is 16.5. The van der Waals surface area contributed by atoms with Gasteiger partial charge in [-0.3, -0.25) is 4.90 Å². The fourth-order valence-electron chi connectivity index (χ4n) is 2.51. The van der Waals surface area contributed by atoms with E-state index in [0.29, 0.717) is 12.1 Å². The van der Waals surface area contributed by atoms with Crippen LogP contribution < -0.4 is 5.32 Å². The summed E-state index contributed by atoms with van der Waals surface area (Å²) in [6, 6.07) is 1.19. The third-order valence-corrected chi connectivity index (χ3v) is 3.47. The van der Waals surface area contributed by atoms with E-state index in [1.165, 1.54) is 19.2 Å². The molecule has 5 nitrogen and oxygen atoms in total. The standard InChI is InChI=1S/C12H22N4O/c1-3-5-10-7-16(11(4-2)6-13-10)8-12-14-9-17-15-12/h9-11,13H,3-8H2,1-2H3. The van der Waals surface area contributed by atoms with Gasteiger partial charge in [-0.15, -0.1) is 0 Å². The number of rotatable bonds is 5. The van der Waals surface area contributed by atoms with Gasteiger partial charge in [-0.1, -0.05) is 25.4 Å². The smallest absolute Gasteiger partial charge is 0.213 e. The molecular formula is C12H22N4O. The Morgan fingerprint density at radius 2 is 2.41 bits per heavy atom. The van der Waals surface area contributed by atoms with Crippen molar-refractivity contribution >= 4 is 0 Å². The van der Waals surface area contributed by atoms with Crippen molar-refractivity contribution in [2.24, 2.45) is 0 Å². The first-order valence-corrected chi connectivity index (χ1v) is 6.56. The molecule has 1 aliphatic rings. The summed E-state index contributed by atoms with van der Waals surface area (Å²) in [5.74, 6) is 0.792. The van der Waals surface area contributed by atoms with Gasteiger partial charge in [-0.25, -0.2) is 0 Å². The minimum atomic E-state index is 0.585. The van der Waals surface area contributed by atoms with Crippen LogP contribution in [-0.2, 0) is 6.54 Å². The Bertz CT molecular complexity index is 314. The summed E-state index contributed by atoms with van der Waals surface area (Å²) in [6.07, 6.45) is 5.02. The highest BCUT2D eigenvalue weighted by Gasteiger charge is 2.26. The maximum Gasteiger partial charge on any atom is 0.213 e. The van der Waals surface area contributed by atoms with Crippen molar-refractivity contribution in [3.63, 3.8) is 0 Å². The first-order chi connectivity index (χ1) is 8.33. The summed E-state index contributed by atoms with van der Waals surface area (Å²) in [6.45, 7) is 7.42. The fraction of sp³-hybridized carbons (Fsp3) is 0.833. The lowest BCUT2D eigenvalue weighted by Crippen LogP contribution is -2.55. The molecule has 1 aliphatic heterocycles. The quantitative estimate of drug-likeness (QED) is 0.841. The van der Waals surface area contributed by atoms with Gasteiger partial charge in [0, 0.05) is 25.2 Å². The van der Waals surface area contributed by atoms with Crippen molar-refractivity contribution in [1.29, 1.82) is 0 Å². The fourth-order valence-corrected chi connectivity index (χ4v) is 2.51. The van der Waals surface area contributed by atoms with Gasteiger partial charge in [0.25, 0.3) is 0 Å². The number of piperazine rings is 1. The molecule has 0 aliphatic carbocycles. The van der Waals surface area contributed by atoms with Crippen LogP contribution in [0.15, 0.2) is 10.9 Å². The molecule has 2 unspecified atom stereocenters. The monoisotopic (exact) mass is 238 g/mol. The molecule has 17 heavy (non-hydrogen) atoms. The molecule has 0 amide bonds. The van der Waals surface area contributed by atoms with Gasteiger partial charge in [-0.2, -0.15) is 4.98 Å². The Kier molecular flexibility index (Phi) is 4.50. The van der Waals surface area contributed by atoms with Crippen LogP contribution >= 0.6 is 0 Å². The van der Waals surface area contributed by atoms with E-state index >= 15 is 0 Å². The van der Waals surface area contributed by atoms with Crippen molar-refractivity contribution in [3.05, 3.63) is 12.2 Å². The molecule has 2 heterocycles. The van der Waals surface area contributed by atoms with E-state index in [2.05, 4.69) is 34.2 Å². The third-order valence-electron chi connectivity index (χ3n) is 3.47. The molecule has 0 saturated carbocycles. The van der Waals surface area contributed by atoms with Gasteiger partial charge in [0.2, 0.25) is 6.39 Å². The summed E-state index contributed by atoms with van der Waals surface area (Å²) >= 11 is 0. The van der Waals surface area contributed by atoms with Crippen molar-refractivity contribution in [2.45, 2.75) is 51.7 Å². The van der Waals surface area contributed by atoms with Crippen LogP contribution in [0.5, 0.6) is 0 Å². The van der Waals surface area contributed by atoms with Crippen LogP contribution in [0.4, 0.5) is 0 Å². The summed E-state index contributed by atoms with van der Waals surface area (Å²) < 4.78 is 4.80. The van der Waals surface area contributed by atoms with Crippen molar-refractivity contribution in [2.75, 3.05) is 13.1 Å². The maximum atomic E-state index is 4.80. The van der Waals surface area contributed by atoms with Crippen LogP contribution in [0, 0.1) is 0 Å². The van der Waals surface area contributed by atoms with E-state index < -0.39 is 0 Å². The van der Waals surface area contributed by atoms with Gasteiger partial charge in [0.1, 0.15) is 0 Å². The van der Waals surface area contributed by atoms with Crippen LogP contribution in [0.2, 0.25) is 0 Å². The average molecular weight is 238 g/mol. The molecule has 1 N–H and O–H groups in total. The highest BCUT2D eigenvalue weighted by molar-refractivity contribution is 4.89. The summed E-state index contributed by atoms with van der Waals surface area (Å²) in [5, 5.41) is 7.53. The first-order valence-electron chi connectivity index (χ1n) is 6.56. The lowest BCUT2D eigenvalue weighted by molar-refractivity contribution is 0.111. The molecule has 2 atom stereocenters. The SMILES string of the molecule is CCCC1CN(Cc2ncon2)C(CC)CN1. The molecular weight excluding hydrogens is 216 g/mol. The lowest BCUT2D eigenvalue weighted by atomic mass is 10.0. The second kappa shape index (κ2) is 6.12. The van der Waals surface area contributed by atoms with Crippen molar-refractivity contribution in [3.8, 4) is 0 Å². The van der Waals surface area contributed by atoms with E-state index in [1.54, 1.807) is 0 Å². The number of hydrogen-bond acceptors (Lipinski definition) is 5. The zero-order valence-electron chi connectivity index (χ0n) is 10.7. The largest absolute Gasteiger partial charge is 0.343 e. The van der Waals surface area contributed by atoms with Crippen LogP contribution in [0.1, 0.15) is 38.9 Å². The van der Waals surface area contributed by atoms with Gasteiger partial charge < -0.3 is 9.84 Å². The molecule has 2 rings (SSSR count). The Balaban J connectivity index is 1.94. The molecule has 1 saturated heterocycles. The van der Waals surface area contributed by atoms with Gasteiger partial charge >= 0.3 is 0 Å². The predicted octanol–water partition coefficient (Wildman–Crippen LogP) is 1.42. The van der Waals surface area contributed by atoms with Crippen molar-refractivity contribution < 1.29 is 4.52 Å². The van der Waals surface area contributed by atoms with Crippen LogP contribution in [-0.4, -0.2) is 40.2 Å². The van der Waals surface area contributed by atoms with E-state index in [1.807, 2.05) is 0 Å². The molecule has 5 heteroatoms. The minimum Gasteiger partial charge on any atom is -0.343 e. The van der Waals surface area contributed by atoms with E-state index in [9.17, 15) is 0 Å². The third kappa shape index (κ3) is 3.26. The Hall–Kier alpha value is -0.940. The normalized spacial score (nSPS) is 26.2.